The molecule has 1 aromatic heterocycles. The summed E-state index contributed by atoms with van der Waals surface area (Å²) >= 11 is 0. The number of nitrogens with zero attached hydrogens (tertiary/aromatic N) is 1. The van der Waals surface area contributed by atoms with E-state index in [1.54, 1.807) is 18.2 Å². The second kappa shape index (κ2) is 7.72. The zero-order chi connectivity index (χ0) is 20.3. The van der Waals surface area contributed by atoms with Gasteiger partial charge in [-0.25, -0.2) is 4.98 Å². The number of rotatable bonds is 5. The molecule has 0 spiro atoms. The van der Waals surface area contributed by atoms with E-state index in [2.05, 4.69) is 10.3 Å². The lowest BCUT2D eigenvalue weighted by atomic mass is 10.1. The number of amides is 1. The molecule has 146 valence electrons. The number of carbonyl (C=O) groups is 1. The molecule has 5 heteroatoms. The number of benzene rings is 4. The maximum atomic E-state index is 12.3. The summed E-state index contributed by atoms with van der Waals surface area (Å²) in [5, 5.41) is 5.05. The van der Waals surface area contributed by atoms with Gasteiger partial charge in [-0.05, 0) is 53.2 Å². The molecule has 4 aromatic carbocycles. The maximum Gasteiger partial charge on any atom is 0.262 e. The molecule has 0 radical (unpaired) electrons. The Hall–Kier alpha value is -4.12. The number of ether oxygens (including phenoxy) is 1. The highest BCUT2D eigenvalue weighted by Gasteiger charge is 2.10. The number of hydrogen-bond acceptors (Lipinski definition) is 4. The van der Waals surface area contributed by atoms with Gasteiger partial charge in [0.15, 0.2) is 12.2 Å². The van der Waals surface area contributed by atoms with Crippen LogP contribution in [0, 0.1) is 0 Å². The van der Waals surface area contributed by atoms with Crippen LogP contribution < -0.4 is 10.1 Å². The topological polar surface area (TPSA) is 64.4 Å². The van der Waals surface area contributed by atoms with Crippen molar-refractivity contribution in [2.24, 2.45) is 0 Å². The number of hydrogen-bond donors (Lipinski definition) is 1. The number of carbonyl (C=O) groups excluding carboxylic acids is 1. The molecule has 5 rings (SSSR count). The third-order valence-electron chi connectivity index (χ3n) is 4.78. The summed E-state index contributed by atoms with van der Waals surface area (Å²) in [5.74, 6) is 0.964. The van der Waals surface area contributed by atoms with Crippen LogP contribution in [0.15, 0.2) is 95.4 Å². The van der Waals surface area contributed by atoms with E-state index in [1.165, 1.54) is 0 Å². The lowest BCUT2D eigenvalue weighted by molar-refractivity contribution is -0.118. The minimum atomic E-state index is -0.241. The zero-order valence-electron chi connectivity index (χ0n) is 16.0. The second-order valence-corrected chi connectivity index (χ2v) is 6.91. The molecular weight excluding hydrogens is 376 g/mol. The first kappa shape index (κ1) is 17.9. The van der Waals surface area contributed by atoms with Crippen LogP contribution in [0.5, 0.6) is 5.75 Å². The van der Waals surface area contributed by atoms with Crippen molar-refractivity contribution >= 4 is 33.5 Å². The van der Waals surface area contributed by atoms with Gasteiger partial charge in [-0.1, -0.05) is 48.5 Å². The van der Waals surface area contributed by atoms with Crippen molar-refractivity contribution < 1.29 is 13.9 Å². The van der Waals surface area contributed by atoms with Gasteiger partial charge in [-0.3, -0.25) is 4.79 Å². The summed E-state index contributed by atoms with van der Waals surface area (Å²) in [7, 11) is 0. The molecule has 0 aliphatic carbocycles. The summed E-state index contributed by atoms with van der Waals surface area (Å²) in [6.45, 7) is -0.0789. The second-order valence-electron chi connectivity index (χ2n) is 6.91. The monoisotopic (exact) mass is 394 g/mol. The van der Waals surface area contributed by atoms with Gasteiger partial charge in [-0.15, -0.1) is 0 Å². The number of nitrogens with one attached hydrogen (secondary N) is 1. The Kier molecular flexibility index (Phi) is 4.62. The van der Waals surface area contributed by atoms with Crippen molar-refractivity contribution in [2.75, 3.05) is 11.9 Å². The quantitative estimate of drug-likeness (QED) is 0.417. The van der Waals surface area contributed by atoms with Gasteiger partial charge in [0.2, 0.25) is 5.89 Å². The molecule has 0 saturated carbocycles. The lowest BCUT2D eigenvalue weighted by Gasteiger charge is -2.08. The predicted octanol–water partition coefficient (Wildman–Crippen LogP) is 5.67. The van der Waals surface area contributed by atoms with E-state index in [0.29, 0.717) is 28.4 Å². The summed E-state index contributed by atoms with van der Waals surface area (Å²) in [6.07, 6.45) is 0. The van der Waals surface area contributed by atoms with E-state index in [4.69, 9.17) is 9.15 Å². The highest BCUT2D eigenvalue weighted by atomic mass is 16.5. The Morgan fingerprint density at radius 3 is 2.53 bits per heavy atom. The van der Waals surface area contributed by atoms with Gasteiger partial charge in [0.05, 0.1) is 0 Å². The minimum absolute atomic E-state index is 0.0789. The SMILES string of the molecule is O=C(COc1ccc2ccccc2c1)Nc1ccc2oc(-c3ccccc3)nc2c1. The molecule has 0 bridgehead atoms. The molecule has 0 atom stereocenters. The van der Waals surface area contributed by atoms with Crippen LogP contribution in [0.25, 0.3) is 33.3 Å². The third kappa shape index (κ3) is 3.73. The van der Waals surface area contributed by atoms with Gasteiger partial charge >= 0.3 is 0 Å². The standard InChI is InChI=1S/C25H18N2O3/c28-24(16-29-21-12-10-17-6-4-5-9-19(17)14-21)26-20-11-13-23-22(15-20)27-25(30-23)18-7-2-1-3-8-18/h1-15H,16H2,(H,26,28). The van der Waals surface area contributed by atoms with Gasteiger partial charge in [0.1, 0.15) is 11.3 Å². The van der Waals surface area contributed by atoms with Crippen LogP contribution in [0.4, 0.5) is 5.69 Å². The van der Waals surface area contributed by atoms with E-state index in [1.807, 2.05) is 72.8 Å². The molecule has 0 aliphatic heterocycles. The Labute approximate surface area is 172 Å². The van der Waals surface area contributed by atoms with Crippen molar-refractivity contribution in [1.29, 1.82) is 0 Å². The molecule has 5 aromatic rings. The first-order valence-electron chi connectivity index (χ1n) is 9.62. The summed E-state index contributed by atoms with van der Waals surface area (Å²) < 4.78 is 11.5. The Bertz CT molecular complexity index is 1340. The lowest BCUT2D eigenvalue weighted by Crippen LogP contribution is -2.20. The first-order chi connectivity index (χ1) is 14.7. The molecule has 0 aliphatic rings. The Morgan fingerprint density at radius 2 is 1.67 bits per heavy atom. The summed E-state index contributed by atoms with van der Waals surface area (Å²) in [4.78, 5) is 16.9. The molecule has 30 heavy (non-hydrogen) atoms. The van der Waals surface area contributed by atoms with Crippen LogP contribution in [-0.2, 0) is 4.79 Å². The van der Waals surface area contributed by atoms with E-state index in [0.717, 1.165) is 16.3 Å². The molecule has 0 unspecified atom stereocenters. The maximum absolute atomic E-state index is 12.3. The van der Waals surface area contributed by atoms with Crippen molar-refractivity contribution in [3.8, 4) is 17.2 Å². The van der Waals surface area contributed by atoms with Crippen LogP contribution in [0.1, 0.15) is 0 Å². The zero-order valence-corrected chi connectivity index (χ0v) is 16.0. The smallest absolute Gasteiger partial charge is 0.262 e. The molecule has 0 fully saturated rings. The van der Waals surface area contributed by atoms with Crippen molar-refractivity contribution in [2.45, 2.75) is 0 Å². The molecule has 1 N–H and O–H groups in total. The largest absolute Gasteiger partial charge is 0.484 e. The Balaban J connectivity index is 1.27. The number of aromatic nitrogens is 1. The Morgan fingerprint density at radius 1 is 0.867 bits per heavy atom. The first-order valence-corrected chi connectivity index (χ1v) is 9.62. The number of oxazole rings is 1. The van der Waals surface area contributed by atoms with Crippen LogP contribution in [-0.4, -0.2) is 17.5 Å². The van der Waals surface area contributed by atoms with Gasteiger partial charge in [0, 0.05) is 11.3 Å². The fourth-order valence-corrected chi connectivity index (χ4v) is 3.31. The molecule has 0 saturated heterocycles. The minimum Gasteiger partial charge on any atom is -0.484 e. The average molecular weight is 394 g/mol. The average Bonchev–Trinajstić information content (AvgIpc) is 3.22. The van der Waals surface area contributed by atoms with Crippen LogP contribution in [0.2, 0.25) is 0 Å². The molecular formula is C25H18N2O3. The van der Waals surface area contributed by atoms with E-state index < -0.39 is 0 Å². The predicted molar refractivity (Wildman–Crippen MR) is 118 cm³/mol. The normalized spacial score (nSPS) is 10.9. The van der Waals surface area contributed by atoms with Crippen molar-refractivity contribution in [3.05, 3.63) is 91.0 Å². The van der Waals surface area contributed by atoms with Gasteiger partial charge in [-0.2, -0.15) is 0 Å². The van der Waals surface area contributed by atoms with E-state index in [9.17, 15) is 4.79 Å². The highest BCUT2D eigenvalue weighted by Crippen LogP contribution is 2.26. The molecule has 1 heterocycles. The van der Waals surface area contributed by atoms with Gasteiger partial charge < -0.3 is 14.5 Å². The third-order valence-corrected chi connectivity index (χ3v) is 4.78. The van der Waals surface area contributed by atoms with E-state index in [-0.39, 0.29) is 12.5 Å². The van der Waals surface area contributed by atoms with Crippen molar-refractivity contribution in [3.63, 3.8) is 0 Å². The molecule has 5 nitrogen and oxygen atoms in total. The van der Waals surface area contributed by atoms with Crippen LogP contribution in [0.3, 0.4) is 0 Å². The number of fused-ring (bicyclic) bond motifs is 2. The fourth-order valence-electron chi connectivity index (χ4n) is 3.31. The summed E-state index contributed by atoms with van der Waals surface area (Å²) in [6, 6.07) is 28.9. The summed E-state index contributed by atoms with van der Waals surface area (Å²) in [5.41, 5.74) is 2.90. The van der Waals surface area contributed by atoms with Crippen LogP contribution >= 0.6 is 0 Å². The van der Waals surface area contributed by atoms with Gasteiger partial charge in [0.25, 0.3) is 5.91 Å². The number of anilines is 1. The molecule has 1 amide bonds. The fraction of sp³-hybridized carbons (Fsp3) is 0.0400. The van der Waals surface area contributed by atoms with E-state index >= 15 is 0 Å². The van der Waals surface area contributed by atoms with Crippen molar-refractivity contribution in [1.82, 2.24) is 4.98 Å². The highest BCUT2D eigenvalue weighted by molar-refractivity contribution is 5.94.